The molecule has 0 aromatic carbocycles. The molecule has 3 aliphatic rings. The van der Waals surface area contributed by atoms with Gasteiger partial charge < -0.3 is 4.74 Å². The molecule has 1 saturated heterocycles. The van der Waals surface area contributed by atoms with Crippen LogP contribution in [0.2, 0.25) is 0 Å². The summed E-state index contributed by atoms with van der Waals surface area (Å²) in [5.41, 5.74) is 0.810. The molecule has 2 nitrogen and oxygen atoms in total. The van der Waals surface area contributed by atoms with Crippen molar-refractivity contribution >= 4 is 5.78 Å². The maximum atomic E-state index is 12.1. The van der Waals surface area contributed by atoms with Crippen molar-refractivity contribution in [1.82, 2.24) is 0 Å². The maximum absolute atomic E-state index is 12.1. The molecule has 0 amide bonds. The van der Waals surface area contributed by atoms with E-state index >= 15 is 0 Å². The lowest BCUT2D eigenvalue weighted by molar-refractivity contribution is -0.126. The van der Waals surface area contributed by atoms with Crippen LogP contribution in [0.5, 0.6) is 0 Å². The quantitative estimate of drug-likeness (QED) is 0.515. The van der Waals surface area contributed by atoms with E-state index in [-0.39, 0.29) is 11.0 Å². The molecule has 2 saturated carbocycles. The van der Waals surface area contributed by atoms with Crippen molar-refractivity contribution in [3.8, 4) is 0 Å². The summed E-state index contributed by atoms with van der Waals surface area (Å²) in [5.74, 6) is 0.855. The largest absolute Gasteiger partial charge is 0.354 e. The Balaban J connectivity index is 1.97. The second-order valence-corrected chi connectivity index (χ2v) is 6.73. The van der Waals surface area contributed by atoms with Gasteiger partial charge in [-0.2, -0.15) is 0 Å². The van der Waals surface area contributed by atoms with Crippen molar-refractivity contribution in [3.63, 3.8) is 0 Å². The zero-order valence-electron chi connectivity index (χ0n) is 11.1. The number of carbonyl (C=O) groups is 1. The molecule has 0 aromatic heterocycles. The molecule has 1 heterocycles. The molecule has 0 aromatic rings. The van der Waals surface area contributed by atoms with Gasteiger partial charge in [-0.3, -0.25) is 4.79 Å². The lowest BCUT2D eigenvalue weighted by Crippen LogP contribution is -2.52. The zero-order valence-corrected chi connectivity index (χ0v) is 11.1. The summed E-state index contributed by atoms with van der Waals surface area (Å²) in [6, 6.07) is 0. The number of hydrogen-bond acceptors (Lipinski definition) is 2. The molecule has 2 heteroatoms. The minimum atomic E-state index is -0.478. The minimum Gasteiger partial charge on any atom is -0.354 e. The van der Waals surface area contributed by atoms with Crippen molar-refractivity contribution < 1.29 is 9.53 Å². The van der Waals surface area contributed by atoms with Crippen molar-refractivity contribution in [2.45, 2.75) is 64.1 Å². The fraction of sp³-hybridized carbons (Fsp3) is 0.800. The molecule has 1 spiro atoms. The standard InChI is InChI=1S/C15H22O2/c1-10(2)11-5-7-13(3)8-6-12(16)14(4)15(13,9-11)17-14/h11H,1,5-9H2,2-4H3/t11?,13?,14-,15?/m0/s1. The minimum absolute atomic E-state index is 0.169. The van der Waals surface area contributed by atoms with Crippen LogP contribution in [0.3, 0.4) is 0 Å². The number of epoxide rings is 1. The summed E-state index contributed by atoms with van der Waals surface area (Å²) in [5, 5.41) is 0. The summed E-state index contributed by atoms with van der Waals surface area (Å²) in [6.07, 6.45) is 5.09. The fourth-order valence-electron chi connectivity index (χ4n) is 4.31. The van der Waals surface area contributed by atoms with Crippen LogP contribution in [0.1, 0.15) is 52.9 Å². The van der Waals surface area contributed by atoms with Crippen molar-refractivity contribution in [2.24, 2.45) is 11.3 Å². The van der Waals surface area contributed by atoms with Gasteiger partial charge in [-0.1, -0.05) is 19.1 Å². The van der Waals surface area contributed by atoms with Gasteiger partial charge in [0.15, 0.2) is 11.4 Å². The summed E-state index contributed by atoms with van der Waals surface area (Å²) in [7, 11) is 0. The molecule has 3 fully saturated rings. The average molecular weight is 234 g/mol. The Morgan fingerprint density at radius 2 is 2.12 bits per heavy atom. The van der Waals surface area contributed by atoms with E-state index < -0.39 is 5.60 Å². The van der Waals surface area contributed by atoms with E-state index in [0.29, 0.717) is 18.1 Å². The third-order valence-corrected chi connectivity index (χ3v) is 5.79. The first-order chi connectivity index (χ1) is 7.85. The monoisotopic (exact) mass is 234 g/mol. The Hall–Kier alpha value is -0.630. The van der Waals surface area contributed by atoms with Crippen molar-refractivity contribution in [1.29, 1.82) is 0 Å². The average Bonchev–Trinajstić information content (AvgIpc) is 2.88. The van der Waals surface area contributed by atoms with Gasteiger partial charge in [0.25, 0.3) is 0 Å². The van der Waals surface area contributed by atoms with Gasteiger partial charge >= 0.3 is 0 Å². The van der Waals surface area contributed by atoms with Crippen LogP contribution in [0, 0.1) is 11.3 Å². The number of ketones is 1. The van der Waals surface area contributed by atoms with E-state index in [9.17, 15) is 4.79 Å². The van der Waals surface area contributed by atoms with Crippen LogP contribution in [0.15, 0.2) is 12.2 Å². The second kappa shape index (κ2) is 3.03. The van der Waals surface area contributed by atoms with Crippen LogP contribution in [-0.4, -0.2) is 17.0 Å². The van der Waals surface area contributed by atoms with Gasteiger partial charge in [0, 0.05) is 11.8 Å². The Bertz CT molecular complexity index is 413. The van der Waals surface area contributed by atoms with Gasteiger partial charge in [-0.05, 0) is 45.4 Å². The smallest absolute Gasteiger partial charge is 0.167 e. The molecule has 2 aliphatic carbocycles. The Labute approximate surface area is 103 Å². The predicted octanol–water partition coefficient (Wildman–Crippen LogP) is 3.26. The summed E-state index contributed by atoms with van der Waals surface area (Å²) in [4.78, 5) is 12.1. The molecule has 94 valence electrons. The van der Waals surface area contributed by atoms with Crippen LogP contribution in [0.25, 0.3) is 0 Å². The third kappa shape index (κ3) is 1.17. The van der Waals surface area contributed by atoms with E-state index in [4.69, 9.17) is 4.74 Å². The Morgan fingerprint density at radius 3 is 2.76 bits per heavy atom. The number of hydrogen-bond donors (Lipinski definition) is 0. The Kier molecular flexibility index (Phi) is 2.04. The number of allylic oxidation sites excluding steroid dienone is 1. The molecule has 3 rings (SSSR count). The van der Waals surface area contributed by atoms with Crippen molar-refractivity contribution in [2.75, 3.05) is 0 Å². The first kappa shape index (κ1) is 11.5. The van der Waals surface area contributed by atoms with E-state index in [1.165, 1.54) is 18.4 Å². The van der Waals surface area contributed by atoms with Crippen LogP contribution in [-0.2, 0) is 9.53 Å². The highest BCUT2D eigenvalue weighted by Gasteiger charge is 2.80. The molecule has 0 bridgehead atoms. The van der Waals surface area contributed by atoms with Gasteiger partial charge in [0.2, 0.25) is 0 Å². The second-order valence-electron chi connectivity index (χ2n) is 6.73. The topological polar surface area (TPSA) is 29.6 Å². The molecule has 3 unspecified atom stereocenters. The van der Waals surface area contributed by atoms with Crippen LogP contribution >= 0.6 is 0 Å². The lowest BCUT2D eigenvalue weighted by atomic mass is 9.54. The van der Waals surface area contributed by atoms with Gasteiger partial charge in [-0.15, -0.1) is 0 Å². The molecule has 0 N–H and O–H groups in total. The number of Topliss-reactive ketones (excluding diaryl/α,β-unsaturated/α-hetero) is 1. The van der Waals surface area contributed by atoms with Gasteiger partial charge in [0.05, 0.1) is 0 Å². The molecule has 17 heavy (non-hydrogen) atoms. The predicted molar refractivity (Wildman–Crippen MR) is 66.7 cm³/mol. The zero-order chi connectivity index (χ0) is 12.5. The first-order valence-corrected chi connectivity index (χ1v) is 6.74. The molecular formula is C15H22O2. The van der Waals surface area contributed by atoms with Crippen molar-refractivity contribution in [3.05, 3.63) is 12.2 Å². The summed E-state index contributed by atoms with van der Waals surface area (Å²) in [6.45, 7) is 10.5. The fourth-order valence-corrected chi connectivity index (χ4v) is 4.31. The van der Waals surface area contributed by atoms with E-state index in [2.05, 4.69) is 20.4 Å². The highest BCUT2D eigenvalue weighted by Crippen LogP contribution is 2.70. The highest BCUT2D eigenvalue weighted by atomic mass is 16.6. The van der Waals surface area contributed by atoms with Crippen LogP contribution in [0.4, 0.5) is 0 Å². The van der Waals surface area contributed by atoms with Gasteiger partial charge in [-0.25, -0.2) is 0 Å². The number of ether oxygens (including phenoxy) is 1. The summed E-state index contributed by atoms with van der Waals surface area (Å²) >= 11 is 0. The van der Waals surface area contributed by atoms with Gasteiger partial charge in [0.1, 0.15) is 5.60 Å². The third-order valence-electron chi connectivity index (χ3n) is 5.79. The summed E-state index contributed by atoms with van der Waals surface area (Å²) < 4.78 is 6.06. The first-order valence-electron chi connectivity index (χ1n) is 6.74. The van der Waals surface area contributed by atoms with E-state index in [1.807, 2.05) is 6.92 Å². The highest BCUT2D eigenvalue weighted by molar-refractivity contribution is 5.93. The SMILES string of the molecule is C=C(C)C1CCC2(C)CCC(=O)[C@]3(C)OC23C1. The molecular weight excluding hydrogens is 212 g/mol. The van der Waals surface area contributed by atoms with Crippen LogP contribution < -0.4 is 0 Å². The molecule has 1 aliphatic heterocycles. The maximum Gasteiger partial charge on any atom is 0.167 e. The number of carbonyl (C=O) groups excluding carboxylic acids is 1. The lowest BCUT2D eigenvalue weighted by Gasteiger charge is -2.46. The molecule has 0 radical (unpaired) electrons. The Morgan fingerprint density at radius 1 is 1.41 bits per heavy atom. The molecule has 4 atom stereocenters. The normalized spacial score (nSPS) is 52.6. The number of rotatable bonds is 1. The van der Waals surface area contributed by atoms with E-state index in [0.717, 1.165) is 12.8 Å². The van der Waals surface area contributed by atoms with E-state index in [1.54, 1.807) is 0 Å².